The van der Waals surface area contributed by atoms with Gasteiger partial charge in [-0.1, -0.05) is 39.8 Å². The van der Waals surface area contributed by atoms with Gasteiger partial charge in [0.1, 0.15) is 0 Å². The third-order valence-electron chi connectivity index (χ3n) is 2.33. The highest BCUT2D eigenvalue weighted by molar-refractivity contribution is 5.55. The smallest absolute Gasteiger partial charge is 0.0375 e. The Labute approximate surface area is 94.9 Å². The molecule has 0 aromatic heterocycles. The van der Waals surface area contributed by atoms with Gasteiger partial charge in [-0.3, -0.25) is 0 Å². The van der Waals surface area contributed by atoms with Gasteiger partial charge >= 0.3 is 0 Å². The molecule has 1 aliphatic heterocycles. The van der Waals surface area contributed by atoms with Crippen molar-refractivity contribution in [2.24, 2.45) is 0 Å². The fourth-order valence-corrected chi connectivity index (χ4v) is 1.69. The zero-order chi connectivity index (χ0) is 11.7. The first-order valence-corrected chi connectivity index (χ1v) is 6.20. The Kier molecular flexibility index (Phi) is 7.79. The van der Waals surface area contributed by atoms with Crippen molar-refractivity contribution in [3.05, 3.63) is 29.3 Å². The number of nitrogens with one attached hydrogen (secondary N) is 1. The molecular formula is C14H25N. The minimum atomic E-state index is 1.14. The van der Waals surface area contributed by atoms with Gasteiger partial charge in [-0.25, -0.2) is 0 Å². The lowest BCUT2D eigenvalue weighted by Gasteiger charge is -2.19. The molecule has 2 rings (SSSR count). The maximum absolute atomic E-state index is 3.40. The van der Waals surface area contributed by atoms with Crippen LogP contribution < -0.4 is 5.32 Å². The lowest BCUT2D eigenvalue weighted by Crippen LogP contribution is -2.12. The van der Waals surface area contributed by atoms with Gasteiger partial charge in [0.15, 0.2) is 0 Å². The molecular weight excluding hydrogens is 182 g/mol. The summed E-state index contributed by atoms with van der Waals surface area (Å²) in [7, 11) is 0. The summed E-state index contributed by atoms with van der Waals surface area (Å²) in [6, 6.07) is 6.47. The molecule has 0 fully saturated rings. The molecule has 1 N–H and O–H groups in total. The molecule has 0 amide bonds. The van der Waals surface area contributed by atoms with Crippen molar-refractivity contribution in [1.29, 1.82) is 0 Å². The summed E-state index contributed by atoms with van der Waals surface area (Å²) >= 11 is 0. The topological polar surface area (TPSA) is 12.0 Å². The molecule has 86 valence electrons. The van der Waals surface area contributed by atoms with Crippen molar-refractivity contribution in [1.82, 2.24) is 0 Å². The zero-order valence-corrected chi connectivity index (χ0v) is 10.9. The summed E-state index contributed by atoms with van der Waals surface area (Å²) in [5, 5.41) is 3.40. The van der Waals surface area contributed by atoms with E-state index in [9.17, 15) is 0 Å². The molecule has 0 radical (unpaired) electrons. The van der Waals surface area contributed by atoms with Crippen LogP contribution in [-0.2, 0) is 6.42 Å². The van der Waals surface area contributed by atoms with Crippen molar-refractivity contribution in [2.45, 2.75) is 47.5 Å². The minimum Gasteiger partial charge on any atom is -0.385 e. The van der Waals surface area contributed by atoms with Crippen LogP contribution in [0.15, 0.2) is 18.2 Å². The van der Waals surface area contributed by atoms with Crippen LogP contribution in [0.1, 0.15) is 45.2 Å². The summed E-state index contributed by atoms with van der Waals surface area (Å²) in [6.07, 6.45) is 2.52. The van der Waals surface area contributed by atoms with Crippen molar-refractivity contribution in [3.63, 3.8) is 0 Å². The van der Waals surface area contributed by atoms with E-state index in [1.807, 2.05) is 27.7 Å². The van der Waals surface area contributed by atoms with Gasteiger partial charge in [-0.15, -0.1) is 0 Å². The second-order valence-corrected chi connectivity index (χ2v) is 3.13. The van der Waals surface area contributed by atoms with Gasteiger partial charge in [0.05, 0.1) is 0 Å². The average molecular weight is 207 g/mol. The summed E-state index contributed by atoms with van der Waals surface area (Å²) in [4.78, 5) is 0. The van der Waals surface area contributed by atoms with Crippen molar-refractivity contribution in [2.75, 3.05) is 11.9 Å². The molecule has 1 aliphatic rings. The molecule has 1 nitrogen and oxygen atoms in total. The Morgan fingerprint density at radius 2 is 1.73 bits per heavy atom. The zero-order valence-electron chi connectivity index (χ0n) is 10.9. The fraction of sp³-hybridized carbons (Fsp3) is 0.571. The maximum Gasteiger partial charge on any atom is 0.0375 e. The lowest BCUT2D eigenvalue weighted by atomic mass is 9.99. The molecule has 0 bridgehead atoms. The van der Waals surface area contributed by atoms with Crippen LogP contribution in [0.3, 0.4) is 0 Å². The molecule has 0 unspecified atom stereocenters. The van der Waals surface area contributed by atoms with Gasteiger partial charge in [-0.2, -0.15) is 0 Å². The van der Waals surface area contributed by atoms with E-state index < -0.39 is 0 Å². The Morgan fingerprint density at radius 3 is 2.33 bits per heavy atom. The van der Waals surface area contributed by atoms with E-state index in [1.54, 1.807) is 0 Å². The van der Waals surface area contributed by atoms with E-state index in [1.165, 1.54) is 29.7 Å². The van der Waals surface area contributed by atoms with E-state index in [2.05, 4.69) is 30.4 Å². The van der Waals surface area contributed by atoms with Crippen molar-refractivity contribution < 1.29 is 0 Å². The number of fused-ring (bicyclic) bond motifs is 1. The largest absolute Gasteiger partial charge is 0.385 e. The van der Waals surface area contributed by atoms with Gasteiger partial charge in [-0.05, 0) is 37.0 Å². The standard InChI is InChI=1S/C10H13N.2C2H6/c1-8-4-2-6-10-9(8)5-3-7-11-10;2*1-2/h2,4,6,11H,3,5,7H2,1H3;2*1-2H3. The number of anilines is 1. The molecule has 0 saturated heterocycles. The predicted octanol–water partition coefficient (Wildman–Crippen LogP) is 4.41. The lowest BCUT2D eigenvalue weighted by molar-refractivity contribution is 0.824. The van der Waals surface area contributed by atoms with Crippen LogP contribution in [0.25, 0.3) is 0 Å². The molecule has 0 aliphatic carbocycles. The summed E-state index contributed by atoms with van der Waals surface area (Å²) < 4.78 is 0. The normalized spacial score (nSPS) is 12.1. The average Bonchev–Trinajstić information content (AvgIpc) is 2.35. The van der Waals surface area contributed by atoms with E-state index >= 15 is 0 Å². The first-order valence-electron chi connectivity index (χ1n) is 6.20. The molecule has 1 aromatic carbocycles. The van der Waals surface area contributed by atoms with Crippen molar-refractivity contribution >= 4 is 5.69 Å². The Bertz CT molecular complexity index is 266. The van der Waals surface area contributed by atoms with Crippen LogP contribution in [0.5, 0.6) is 0 Å². The molecule has 1 heteroatoms. The number of aryl methyl sites for hydroxylation is 1. The molecule has 0 spiro atoms. The molecule has 0 saturated carbocycles. The molecule has 15 heavy (non-hydrogen) atoms. The van der Waals surface area contributed by atoms with E-state index in [4.69, 9.17) is 0 Å². The second-order valence-electron chi connectivity index (χ2n) is 3.13. The van der Waals surface area contributed by atoms with Crippen LogP contribution >= 0.6 is 0 Å². The predicted molar refractivity (Wildman–Crippen MR) is 70.7 cm³/mol. The van der Waals surface area contributed by atoms with Crippen LogP contribution in [0.4, 0.5) is 5.69 Å². The SMILES string of the molecule is CC.CC.Cc1cccc2c1CCCN2. The Balaban J connectivity index is 0.000000442. The third-order valence-corrected chi connectivity index (χ3v) is 2.33. The maximum atomic E-state index is 3.40. The first-order chi connectivity index (χ1) is 7.38. The van der Waals surface area contributed by atoms with Crippen LogP contribution in [-0.4, -0.2) is 6.54 Å². The van der Waals surface area contributed by atoms with Gasteiger partial charge in [0, 0.05) is 12.2 Å². The van der Waals surface area contributed by atoms with Crippen LogP contribution in [0.2, 0.25) is 0 Å². The van der Waals surface area contributed by atoms with Gasteiger partial charge in [0.25, 0.3) is 0 Å². The number of benzene rings is 1. The highest BCUT2D eigenvalue weighted by atomic mass is 14.9. The Morgan fingerprint density at radius 1 is 1.07 bits per heavy atom. The van der Waals surface area contributed by atoms with Crippen molar-refractivity contribution in [3.8, 4) is 0 Å². The fourth-order valence-electron chi connectivity index (χ4n) is 1.69. The summed E-state index contributed by atoms with van der Waals surface area (Å²) in [6.45, 7) is 11.3. The summed E-state index contributed by atoms with van der Waals surface area (Å²) in [5.41, 5.74) is 4.28. The minimum absolute atomic E-state index is 1.14. The molecule has 1 aromatic rings. The van der Waals surface area contributed by atoms with Crippen LogP contribution in [0, 0.1) is 6.92 Å². The third kappa shape index (κ3) is 3.94. The highest BCUT2D eigenvalue weighted by Gasteiger charge is 2.08. The Hall–Kier alpha value is -0.980. The molecule has 0 atom stereocenters. The van der Waals surface area contributed by atoms with Gasteiger partial charge < -0.3 is 5.32 Å². The first kappa shape index (κ1) is 14.0. The monoisotopic (exact) mass is 207 g/mol. The molecule has 1 heterocycles. The highest BCUT2D eigenvalue weighted by Crippen LogP contribution is 2.24. The number of hydrogen-bond donors (Lipinski definition) is 1. The quantitative estimate of drug-likeness (QED) is 0.664. The summed E-state index contributed by atoms with van der Waals surface area (Å²) in [5.74, 6) is 0. The van der Waals surface area contributed by atoms with E-state index in [-0.39, 0.29) is 0 Å². The van der Waals surface area contributed by atoms with E-state index in [0.717, 1.165) is 6.54 Å². The van der Waals surface area contributed by atoms with Gasteiger partial charge in [0.2, 0.25) is 0 Å². The second kappa shape index (κ2) is 8.34. The van der Waals surface area contributed by atoms with E-state index in [0.29, 0.717) is 0 Å². The number of hydrogen-bond acceptors (Lipinski definition) is 1. The number of rotatable bonds is 0.